The van der Waals surface area contributed by atoms with Crippen LogP contribution in [0, 0.1) is 0 Å². The van der Waals surface area contributed by atoms with Crippen molar-refractivity contribution in [3.8, 4) is 0 Å². The summed E-state index contributed by atoms with van der Waals surface area (Å²) in [4.78, 5) is 11.5. The molecule has 1 atom stereocenters. The van der Waals surface area contributed by atoms with Gasteiger partial charge in [0.05, 0.1) is 18.7 Å². The molecule has 1 amide bonds. The summed E-state index contributed by atoms with van der Waals surface area (Å²) in [5.41, 5.74) is 3.70. The van der Waals surface area contributed by atoms with Crippen LogP contribution in [0.1, 0.15) is 29.7 Å². The average molecular weight is 370 g/mol. The Kier molecular flexibility index (Phi) is 4.06. The first-order chi connectivity index (χ1) is 10.1. The predicted octanol–water partition coefficient (Wildman–Crippen LogP) is 3.89. The van der Waals surface area contributed by atoms with Gasteiger partial charge in [-0.25, -0.2) is 0 Å². The van der Waals surface area contributed by atoms with Crippen LogP contribution < -0.4 is 10.6 Å². The number of nitrogens with one attached hydrogen (secondary N) is 2. The van der Waals surface area contributed by atoms with Gasteiger partial charge in [-0.15, -0.1) is 0 Å². The first-order valence-electron chi connectivity index (χ1n) is 6.68. The van der Waals surface area contributed by atoms with E-state index in [-0.39, 0.29) is 11.9 Å². The Balaban J connectivity index is 2.07. The van der Waals surface area contributed by atoms with E-state index in [0.29, 0.717) is 16.1 Å². The largest absolute Gasteiger partial charge is 0.457 e. The summed E-state index contributed by atoms with van der Waals surface area (Å²) in [6.45, 7) is 2.82. The lowest BCUT2D eigenvalue weighted by atomic mass is 9.98. The molecule has 0 spiro atoms. The minimum atomic E-state index is -0.0865. The first-order valence-corrected chi connectivity index (χ1v) is 7.85. The van der Waals surface area contributed by atoms with Crippen LogP contribution in [0.25, 0.3) is 0 Å². The third-order valence-corrected chi connectivity index (χ3v) is 4.50. The van der Waals surface area contributed by atoms with E-state index >= 15 is 0 Å². The van der Waals surface area contributed by atoms with E-state index < -0.39 is 0 Å². The van der Waals surface area contributed by atoms with E-state index in [1.54, 1.807) is 6.26 Å². The van der Waals surface area contributed by atoms with E-state index in [4.69, 9.17) is 16.0 Å². The van der Waals surface area contributed by atoms with Crippen molar-refractivity contribution in [1.82, 2.24) is 5.32 Å². The van der Waals surface area contributed by atoms with Crippen molar-refractivity contribution in [3.05, 3.63) is 50.8 Å². The summed E-state index contributed by atoms with van der Waals surface area (Å²) in [7, 11) is 0. The fourth-order valence-electron chi connectivity index (χ4n) is 2.59. The third-order valence-electron chi connectivity index (χ3n) is 3.52. The monoisotopic (exact) mass is 368 g/mol. The van der Waals surface area contributed by atoms with Gasteiger partial charge in [-0.3, -0.25) is 4.79 Å². The molecule has 2 N–H and O–H groups in total. The van der Waals surface area contributed by atoms with Gasteiger partial charge in [-0.1, -0.05) is 18.5 Å². The van der Waals surface area contributed by atoms with Crippen LogP contribution in [0.4, 0.5) is 5.69 Å². The summed E-state index contributed by atoms with van der Waals surface area (Å²) in [5, 5.41) is 6.84. The number of amides is 1. The molecule has 110 valence electrons. The topological polar surface area (TPSA) is 54.3 Å². The van der Waals surface area contributed by atoms with E-state index in [2.05, 4.69) is 26.6 Å². The molecule has 1 aromatic heterocycles. The van der Waals surface area contributed by atoms with Crippen molar-refractivity contribution >= 4 is 39.1 Å². The highest BCUT2D eigenvalue weighted by Gasteiger charge is 2.25. The van der Waals surface area contributed by atoms with Gasteiger partial charge in [0.1, 0.15) is 0 Å². The minimum absolute atomic E-state index is 0.00251. The molecular weight excluding hydrogens is 356 g/mol. The maximum Gasteiger partial charge on any atom is 0.228 e. The van der Waals surface area contributed by atoms with Crippen LogP contribution in [0.15, 0.2) is 33.5 Å². The first kappa shape index (κ1) is 14.6. The van der Waals surface area contributed by atoms with Gasteiger partial charge in [-0.05, 0) is 51.8 Å². The molecule has 1 aromatic carbocycles. The highest BCUT2D eigenvalue weighted by atomic mass is 79.9. The smallest absolute Gasteiger partial charge is 0.228 e. The molecule has 0 saturated carbocycles. The number of carbonyl (C=O) groups is 1. The molecule has 0 saturated heterocycles. The van der Waals surface area contributed by atoms with Crippen molar-refractivity contribution < 1.29 is 9.21 Å². The number of hydrogen-bond acceptors (Lipinski definition) is 3. The Bertz CT molecular complexity index is 699. The Morgan fingerprint density at radius 2 is 2.29 bits per heavy atom. The third kappa shape index (κ3) is 2.73. The van der Waals surface area contributed by atoms with Crippen molar-refractivity contribution in [2.75, 3.05) is 11.9 Å². The van der Waals surface area contributed by atoms with Gasteiger partial charge in [0, 0.05) is 16.3 Å². The summed E-state index contributed by atoms with van der Waals surface area (Å²) >= 11 is 9.83. The number of benzene rings is 1. The molecule has 3 rings (SSSR count). The summed E-state index contributed by atoms with van der Waals surface area (Å²) < 4.78 is 6.01. The van der Waals surface area contributed by atoms with Crippen LogP contribution in [-0.2, 0) is 11.2 Å². The zero-order valence-electron chi connectivity index (χ0n) is 11.4. The van der Waals surface area contributed by atoms with E-state index in [1.165, 1.54) is 0 Å². The molecule has 0 fully saturated rings. The predicted molar refractivity (Wildman–Crippen MR) is 85.7 cm³/mol. The Labute approximate surface area is 136 Å². The number of rotatable bonds is 4. The van der Waals surface area contributed by atoms with Gasteiger partial charge < -0.3 is 15.1 Å². The molecule has 0 aliphatic carbocycles. The van der Waals surface area contributed by atoms with Gasteiger partial charge in [0.15, 0.2) is 4.67 Å². The standard InChI is InChI=1S/C15H14BrClN2O2/c1-2-18-14(9-3-4-21-15(9)16)10-5-8-6-13(20)19-12(8)7-11(10)17/h3-5,7,14,18H,2,6H2,1H3,(H,19,20). The van der Waals surface area contributed by atoms with E-state index in [0.717, 1.165) is 28.9 Å². The lowest BCUT2D eigenvalue weighted by Crippen LogP contribution is -2.22. The molecule has 0 bridgehead atoms. The Hall–Kier alpha value is -1.30. The van der Waals surface area contributed by atoms with Gasteiger partial charge in [-0.2, -0.15) is 0 Å². The number of hydrogen-bond donors (Lipinski definition) is 2. The van der Waals surface area contributed by atoms with E-state index in [9.17, 15) is 4.79 Å². The second-order valence-corrected chi connectivity index (χ2v) is 6.02. The number of halogens is 2. The van der Waals surface area contributed by atoms with Crippen LogP contribution in [0.2, 0.25) is 5.02 Å². The van der Waals surface area contributed by atoms with Crippen LogP contribution in [0.3, 0.4) is 0 Å². The SMILES string of the molecule is CCNC(c1cc2c(cc1Cl)NC(=O)C2)c1ccoc1Br. The average Bonchev–Trinajstić information content (AvgIpc) is 3.00. The zero-order valence-corrected chi connectivity index (χ0v) is 13.7. The summed E-state index contributed by atoms with van der Waals surface area (Å²) in [6.07, 6.45) is 2.03. The number of fused-ring (bicyclic) bond motifs is 1. The van der Waals surface area contributed by atoms with Crippen molar-refractivity contribution in [2.24, 2.45) is 0 Å². The molecule has 1 aliphatic heterocycles. The van der Waals surface area contributed by atoms with Crippen molar-refractivity contribution in [1.29, 1.82) is 0 Å². The fraction of sp³-hybridized carbons (Fsp3) is 0.267. The molecule has 1 unspecified atom stereocenters. The molecule has 6 heteroatoms. The fourth-order valence-corrected chi connectivity index (χ4v) is 3.33. The normalized spacial score (nSPS) is 14.9. The molecule has 2 aromatic rings. The van der Waals surface area contributed by atoms with Gasteiger partial charge in [0.2, 0.25) is 5.91 Å². The van der Waals surface area contributed by atoms with Crippen LogP contribution in [0.5, 0.6) is 0 Å². The summed E-state index contributed by atoms with van der Waals surface area (Å²) in [5.74, 6) is 0.00251. The van der Waals surface area contributed by atoms with Crippen LogP contribution >= 0.6 is 27.5 Å². The molecule has 0 radical (unpaired) electrons. The maximum atomic E-state index is 11.5. The number of furan rings is 1. The molecule has 4 nitrogen and oxygen atoms in total. The quantitative estimate of drug-likeness (QED) is 0.859. The number of carbonyl (C=O) groups excluding carboxylic acids is 1. The highest BCUT2D eigenvalue weighted by molar-refractivity contribution is 9.10. The molecule has 1 aliphatic rings. The van der Waals surface area contributed by atoms with Crippen molar-refractivity contribution in [3.63, 3.8) is 0 Å². The second kappa shape index (κ2) is 5.83. The molecule has 21 heavy (non-hydrogen) atoms. The molecule has 2 heterocycles. The minimum Gasteiger partial charge on any atom is -0.457 e. The van der Waals surface area contributed by atoms with Gasteiger partial charge in [0.25, 0.3) is 0 Å². The number of anilines is 1. The lowest BCUT2D eigenvalue weighted by Gasteiger charge is -2.20. The van der Waals surface area contributed by atoms with Crippen LogP contribution in [-0.4, -0.2) is 12.5 Å². The Morgan fingerprint density at radius 1 is 1.48 bits per heavy atom. The van der Waals surface area contributed by atoms with E-state index in [1.807, 2.05) is 25.1 Å². The Morgan fingerprint density at radius 3 is 2.95 bits per heavy atom. The second-order valence-electron chi connectivity index (χ2n) is 4.90. The van der Waals surface area contributed by atoms with Crippen molar-refractivity contribution in [2.45, 2.75) is 19.4 Å². The highest BCUT2D eigenvalue weighted by Crippen LogP contribution is 2.37. The summed E-state index contributed by atoms with van der Waals surface area (Å²) in [6, 6.07) is 5.62. The maximum absolute atomic E-state index is 11.5. The zero-order chi connectivity index (χ0) is 15.0. The lowest BCUT2D eigenvalue weighted by molar-refractivity contribution is -0.115. The molecular formula is C15H14BrClN2O2. The van der Waals surface area contributed by atoms with Gasteiger partial charge >= 0.3 is 0 Å².